The first kappa shape index (κ1) is 23.2. The van der Waals surface area contributed by atoms with Crippen molar-refractivity contribution in [3.63, 3.8) is 0 Å². The van der Waals surface area contributed by atoms with Gasteiger partial charge in [-0.15, -0.1) is 0 Å². The van der Waals surface area contributed by atoms with E-state index >= 15 is 0 Å². The summed E-state index contributed by atoms with van der Waals surface area (Å²) in [5, 5.41) is 9.13. The third-order valence-corrected chi connectivity index (χ3v) is 5.17. The minimum Gasteiger partial charge on any atom is -0.478 e. The molecule has 4 nitrogen and oxygen atoms in total. The normalized spacial score (nSPS) is 13.1. The first-order valence-electron chi connectivity index (χ1n) is 10.6. The Labute approximate surface area is 164 Å². The Balaban J connectivity index is 2.79. The van der Waals surface area contributed by atoms with Gasteiger partial charge in [0.15, 0.2) is 0 Å². The maximum absolute atomic E-state index is 12.6. The molecule has 0 saturated heterocycles. The van der Waals surface area contributed by atoms with Gasteiger partial charge in [-0.1, -0.05) is 65.4 Å². The second-order valence-corrected chi connectivity index (χ2v) is 7.34. The van der Waals surface area contributed by atoms with E-state index in [2.05, 4.69) is 20.8 Å². The summed E-state index contributed by atoms with van der Waals surface area (Å²) >= 11 is 0. The predicted molar refractivity (Wildman–Crippen MR) is 109 cm³/mol. The molecule has 1 N–H and O–H groups in total. The largest absolute Gasteiger partial charge is 0.478 e. The lowest BCUT2D eigenvalue weighted by Gasteiger charge is -2.26. The number of carbonyl (C=O) groups excluding carboxylic acids is 1. The summed E-state index contributed by atoms with van der Waals surface area (Å²) in [6.07, 6.45) is 11.0. The van der Waals surface area contributed by atoms with E-state index in [4.69, 9.17) is 9.84 Å². The van der Waals surface area contributed by atoms with Gasteiger partial charge in [0.1, 0.15) is 6.10 Å². The van der Waals surface area contributed by atoms with Crippen LogP contribution in [0.3, 0.4) is 0 Å². The lowest BCUT2D eigenvalue weighted by Crippen LogP contribution is -2.27. The first-order valence-corrected chi connectivity index (χ1v) is 10.6. The van der Waals surface area contributed by atoms with E-state index < -0.39 is 11.9 Å². The molecule has 0 saturated carbocycles. The van der Waals surface area contributed by atoms with Crippen LogP contribution in [-0.2, 0) is 4.74 Å². The second kappa shape index (κ2) is 13.3. The molecule has 2 unspecified atom stereocenters. The van der Waals surface area contributed by atoms with Crippen molar-refractivity contribution in [3.05, 3.63) is 35.4 Å². The van der Waals surface area contributed by atoms with Gasteiger partial charge in [-0.25, -0.2) is 9.59 Å². The van der Waals surface area contributed by atoms with Gasteiger partial charge in [-0.3, -0.25) is 0 Å². The summed E-state index contributed by atoms with van der Waals surface area (Å²) in [7, 11) is 0. The molecule has 27 heavy (non-hydrogen) atoms. The number of carboxylic acid groups (broad SMARTS) is 1. The van der Waals surface area contributed by atoms with Crippen LogP contribution in [0, 0.1) is 5.92 Å². The summed E-state index contributed by atoms with van der Waals surface area (Å²) < 4.78 is 5.90. The van der Waals surface area contributed by atoms with Crippen LogP contribution in [0.2, 0.25) is 0 Å². The van der Waals surface area contributed by atoms with Crippen LogP contribution in [0.1, 0.15) is 106 Å². The standard InChI is InChI=1S/C23H36O4/c1-4-7-9-10-11-16-21(18(6-3)13-8-5-2)27-23(26)20-15-12-14-19(17-20)22(24)25/h12,14-15,17-18,21H,4-11,13,16H2,1-3H3,(H,24,25). The van der Waals surface area contributed by atoms with Gasteiger partial charge >= 0.3 is 11.9 Å². The molecule has 2 atom stereocenters. The molecule has 1 aromatic carbocycles. The van der Waals surface area contributed by atoms with Gasteiger partial charge in [0.05, 0.1) is 11.1 Å². The molecule has 1 aromatic rings. The Kier molecular flexibility index (Phi) is 11.5. The topological polar surface area (TPSA) is 63.6 Å². The summed E-state index contributed by atoms with van der Waals surface area (Å²) in [6.45, 7) is 6.53. The number of benzene rings is 1. The van der Waals surface area contributed by atoms with Crippen molar-refractivity contribution in [2.24, 2.45) is 5.92 Å². The SMILES string of the molecule is CCCCCCCC(OC(=O)c1cccc(C(=O)O)c1)C(CC)CCCC. The smallest absolute Gasteiger partial charge is 0.338 e. The molecule has 0 heterocycles. The van der Waals surface area contributed by atoms with Crippen molar-refractivity contribution < 1.29 is 19.4 Å². The van der Waals surface area contributed by atoms with Gasteiger partial charge in [0, 0.05) is 0 Å². The Morgan fingerprint density at radius 2 is 1.59 bits per heavy atom. The lowest BCUT2D eigenvalue weighted by atomic mass is 9.90. The van der Waals surface area contributed by atoms with E-state index in [1.807, 2.05) is 0 Å². The first-order chi connectivity index (χ1) is 13.0. The quantitative estimate of drug-likeness (QED) is 0.298. The Hall–Kier alpha value is -1.84. The van der Waals surface area contributed by atoms with Crippen molar-refractivity contribution in [1.29, 1.82) is 0 Å². The average Bonchev–Trinajstić information content (AvgIpc) is 2.68. The molecule has 0 spiro atoms. The molecular weight excluding hydrogens is 340 g/mol. The Morgan fingerprint density at radius 3 is 2.22 bits per heavy atom. The minimum atomic E-state index is -1.04. The van der Waals surface area contributed by atoms with Crippen molar-refractivity contribution in [1.82, 2.24) is 0 Å². The van der Waals surface area contributed by atoms with E-state index in [-0.39, 0.29) is 11.7 Å². The average molecular weight is 377 g/mol. The van der Waals surface area contributed by atoms with Crippen molar-refractivity contribution in [3.8, 4) is 0 Å². The van der Waals surface area contributed by atoms with Crippen LogP contribution in [0.25, 0.3) is 0 Å². The zero-order valence-electron chi connectivity index (χ0n) is 17.2. The Morgan fingerprint density at radius 1 is 0.926 bits per heavy atom. The molecule has 0 aromatic heterocycles. The molecule has 0 bridgehead atoms. The van der Waals surface area contributed by atoms with Crippen molar-refractivity contribution >= 4 is 11.9 Å². The highest BCUT2D eigenvalue weighted by atomic mass is 16.5. The number of unbranched alkanes of at least 4 members (excludes halogenated alkanes) is 5. The molecule has 1 rings (SSSR count). The molecule has 0 fully saturated rings. The van der Waals surface area contributed by atoms with Crippen LogP contribution in [0.4, 0.5) is 0 Å². The molecule has 0 aliphatic carbocycles. The fourth-order valence-electron chi connectivity index (χ4n) is 3.44. The number of ether oxygens (including phenoxy) is 1. The van der Waals surface area contributed by atoms with Crippen LogP contribution < -0.4 is 0 Å². The van der Waals surface area contributed by atoms with Crippen LogP contribution in [-0.4, -0.2) is 23.1 Å². The fraction of sp³-hybridized carbons (Fsp3) is 0.652. The van der Waals surface area contributed by atoms with Gasteiger partial charge in [0.25, 0.3) is 0 Å². The zero-order valence-corrected chi connectivity index (χ0v) is 17.2. The second-order valence-electron chi connectivity index (χ2n) is 7.34. The molecule has 0 aliphatic heterocycles. The Bertz CT molecular complexity index is 567. The highest BCUT2D eigenvalue weighted by Crippen LogP contribution is 2.25. The highest BCUT2D eigenvalue weighted by molar-refractivity contribution is 5.94. The number of hydrogen-bond donors (Lipinski definition) is 1. The van der Waals surface area contributed by atoms with E-state index in [9.17, 15) is 9.59 Å². The fourth-order valence-corrected chi connectivity index (χ4v) is 3.44. The summed E-state index contributed by atoms with van der Waals surface area (Å²) in [4.78, 5) is 23.8. The number of hydrogen-bond acceptors (Lipinski definition) is 3. The van der Waals surface area contributed by atoms with Gasteiger partial charge in [-0.05, 0) is 49.8 Å². The van der Waals surface area contributed by atoms with Gasteiger partial charge in [-0.2, -0.15) is 0 Å². The predicted octanol–water partition coefficient (Wildman–Crippen LogP) is 6.49. The third-order valence-electron chi connectivity index (χ3n) is 5.17. The van der Waals surface area contributed by atoms with Gasteiger partial charge < -0.3 is 9.84 Å². The maximum atomic E-state index is 12.6. The number of aromatic carboxylic acids is 1. The number of carbonyl (C=O) groups is 2. The van der Waals surface area contributed by atoms with Crippen LogP contribution in [0.15, 0.2) is 24.3 Å². The van der Waals surface area contributed by atoms with E-state index in [0.29, 0.717) is 11.5 Å². The van der Waals surface area contributed by atoms with Crippen molar-refractivity contribution in [2.45, 2.75) is 91.1 Å². The molecule has 0 radical (unpaired) electrons. The highest BCUT2D eigenvalue weighted by Gasteiger charge is 2.24. The molecular formula is C23H36O4. The molecule has 0 aliphatic rings. The van der Waals surface area contributed by atoms with E-state index in [1.165, 1.54) is 37.8 Å². The summed E-state index contributed by atoms with van der Waals surface area (Å²) in [5.41, 5.74) is 0.426. The maximum Gasteiger partial charge on any atom is 0.338 e. The summed E-state index contributed by atoms with van der Waals surface area (Å²) in [6, 6.07) is 6.10. The minimum absolute atomic E-state index is 0.0934. The third kappa shape index (κ3) is 8.59. The van der Waals surface area contributed by atoms with E-state index in [0.717, 1.165) is 38.5 Å². The molecule has 4 heteroatoms. The zero-order chi connectivity index (χ0) is 20.1. The van der Waals surface area contributed by atoms with Gasteiger partial charge in [0.2, 0.25) is 0 Å². The van der Waals surface area contributed by atoms with Crippen LogP contribution in [0.5, 0.6) is 0 Å². The van der Waals surface area contributed by atoms with E-state index in [1.54, 1.807) is 12.1 Å². The lowest BCUT2D eigenvalue weighted by molar-refractivity contribution is 0.00776. The monoisotopic (exact) mass is 376 g/mol. The van der Waals surface area contributed by atoms with Crippen LogP contribution >= 0.6 is 0 Å². The van der Waals surface area contributed by atoms with Crippen molar-refractivity contribution in [2.75, 3.05) is 0 Å². The summed E-state index contributed by atoms with van der Waals surface area (Å²) in [5.74, 6) is -1.08. The molecule has 152 valence electrons. The molecule has 0 amide bonds. The number of rotatable bonds is 14. The number of esters is 1. The number of carboxylic acids is 1.